The van der Waals surface area contributed by atoms with Gasteiger partial charge in [-0.15, -0.1) is 0 Å². The molecule has 0 rings (SSSR count). The summed E-state index contributed by atoms with van der Waals surface area (Å²) in [5, 5.41) is 2.83. The summed E-state index contributed by atoms with van der Waals surface area (Å²) in [4.78, 5) is 22.0. The van der Waals surface area contributed by atoms with E-state index in [1.165, 1.54) is 0 Å². The van der Waals surface area contributed by atoms with Crippen LogP contribution in [0.25, 0.3) is 0 Å². The molecule has 1 amide bonds. The molecule has 0 aliphatic rings. The predicted molar refractivity (Wildman–Crippen MR) is 61.6 cm³/mol. The van der Waals surface area contributed by atoms with E-state index in [2.05, 4.69) is 5.32 Å². The lowest BCUT2D eigenvalue weighted by atomic mass is 9.95. The van der Waals surface area contributed by atoms with Gasteiger partial charge in [-0.1, -0.05) is 20.3 Å². The number of hydrogen-bond acceptors (Lipinski definition) is 2. The number of unbranched alkanes of at least 4 members (excludes halogenated alkanes) is 1. The quantitative estimate of drug-likeness (QED) is 0.629. The fraction of sp³-hybridized carbons (Fsp3) is 0.833. The third-order valence-corrected chi connectivity index (χ3v) is 2.69. The van der Waals surface area contributed by atoms with Crippen LogP contribution in [0, 0.1) is 5.92 Å². The standard InChI is InChI=1S/C12H23NO2/c1-4-11(10(3)14)8-6-7-9-13-12(15)5-2/h11H,4-9H2,1-3H3,(H,13,15)/t11-/m0/s1. The SMILES string of the molecule is CCC(=O)NCCCC[C@H](CC)C(C)=O. The summed E-state index contributed by atoms with van der Waals surface area (Å²) >= 11 is 0. The maximum absolute atomic E-state index is 11.1. The summed E-state index contributed by atoms with van der Waals surface area (Å²) in [6, 6.07) is 0. The third-order valence-electron chi connectivity index (χ3n) is 2.69. The molecule has 3 nitrogen and oxygen atoms in total. The van der Waals surface area contributed by atoms with Crippen LogP contribution in [0.15, 0.2) is 0 Å². The highest BCUT2D eigenvalue weighted by atomic mass is 16.1. The number of carbonyl (C=O) groups is 2. The Morgan fingerprint density at radius 3 is 2.33 bits per heavy atom. The van der Waals surface area contributed by atoms with Crippen LogP contribution in [0.1, 0.15) is 52.9 Å². The van der Waals surface area contributed by atoms with Crippen LogP contribution in [0.4, 0.5) is 0 Å². The lowest BCUT2D eigenvalue weighted by Gasteiger charge is -2.10. The summed E-state index contributed by atoms with van der Waals surface area (Å²) in [5.74, 6) is 0.607. The first-order valence-electron chi connectivity index (χ1n) is 5.88. The fourth-order valence-corrected chi connectivity index (χ4v) is 1.56. The number of carbonyl (C=O) groups excluding carboxylic acids is 2. The second-order valence-electron chi connectivity index (χ2n) is 3.92. The topological polar surface area (TPSA) is 46.2 Å². The maximum atomic E-state index is 11.1. The Balaban J connectivity index is 3.45. The molecule has 0 aromatic heterocycles. The van der Waals surface area contributed by atoms with E-state index in [1.54, 1.807) is 6.92 Å². The summed E-state index contributed by atoms with van der Waals surface area (Å²) in [6.07, 6.45) is 4.41. The molecule has 15 heavy (non-hydrogen) atoms. The highest BCUT2D eigenvalue weighted by Gasteiger charge is 2.10. The van der Waals surface area contributed by atoms with Crippen molar-refractivity contribution in [3.8, 4) is 0 Å². The van der Waals surface area contributed by atoms with Gasteiger partial charge in [0.05, 0.1) is 0 Å². The van der Waals surface area contributed by atoms with E-state index < -0.39 is 0 Å². The van der Waals surface area contributed by atoms with Gasteiger partial charge in [0.1, 0.15) is 5.78 Å². The molecule has 0 spiro atoms. The monoisotopic (exact) mass is 213 g/mol. The van der Waals surface area contributed by atoms with E-state index in [0.717, 1.165) is 32.2 Å². The van der Waals surface area contributed by atoms with Crippen molar-refractivity contribution in [2.75, 3.05) is 6.54 Å². The number of ketones is 1. The van der Waals surface area contributed by atoms with Crippen molar-refractivity contribution in [1.82, 2.24) is 5.32 Å². The molecule has 0 aromatic rings. The van der Waals surface area contributed by atoms with Gasteiger partial charge < -0.3 is 5.32 Å². The molecule has 0 bridgehead atoms. The minimum atomic E-state index is 0.105. The van der Waals surface area contributed by atoms with E-state index in [0.29, 0.717) is 6.42 Å². The first-order valence-corrected chi connectivity index (χ1v) is 5.88. The van der Waals surface area contributed by atoms with Crippen LogP contribution in [-0.2, 0) is 9.59 Å². The van der Waals surface area contributed by atoms with Crippen molar-refractivity contribution in [3.05, 3.63) is 0 Å². The second-order valence-corrected chi connectivity index (χ2v) is 3.92. The lowest BCUT2D eigenvalue weighted by molar-refractivity contribution is -0.122. The van der Waals surface area contributed by atoms with Crippen LogP contribution in [0.5, 0.6) is 0 Å². The van der Waals surface area contributed by atoms with Gasteiger partial charge in [0, 0.05) is 18.9 Å². The van der Waals surface area contributed by atoms with E-state index in [-0.39, 0.29) is 17.6 Å². The zero-order valence-corrected chi connectivity index (χ0v) is 10.1. The van der Waals surface area contributed by atoms with E-state index in [4.69, 9.17) is 0 Å². The van der Waals surface area contributed by atoms with Crippen LogP contribution in [0.3, 0.4) is 0 Å². The van der Waals surface area contributed by atoms with Gasteiger partial charge in [0.15, 0.2) is 0 Å². The van der Waals surface area contributed by atoms with Crippen LogP contribution in [-0.4, -0.2) is 18.2 Å². The van der Waals surface area contributed by atoms with Crippen molar-refractivity contribution < 1.29 is 9.59 Å². The fourth-order valence-electron chi connectivity index (χ4n) is 1.56. The first kappa shape index (κ1) is 14.1. The Morgan fingerprint density at radius 1 is 1.20 bits per heavy atom. The number of hydrogen-bond donors (Lipinski definition) is 1. The van der Waals surface area contributed by atoms with Crippen molar-refractivity contribution in [2.45, 2.75) is 52.9 Å². The van der Waals surface area contributed by atoms with Gasteiger partial charge in [0.2, 0.25) is 5.91 Å². The number of amides is 1. The summed E-state index contributed by atoms with van der Waals surface area (Å²) in [5.41, 5.74) is 0. The molecule has 0 heterocycles. The Kier molecular flexibility index (Phi) is 7.96. The molecule has 3 heteroatoms. The van der Waals surface area contributed by atoms with Crippen LogP contribution in [0.2, 0.25) is 0 Å². The number of nitrogens with one attached hydrogen (secondary N) is 1. The number of Topliss-reactive ketones (excluding diaryl/α,β-unsaturated/α-hetero) is 1. The normalized spacial score (nSPS) is 12.2. The van der Waals surface area contributed by atoms with Gasteiger partial charge in [-0.05, 0) is 26.2 Å². The predicted octanol–water partition coefficient (Wildman–Crippen LogP) is 2.30. The van der Waals surface area contributed by atoms with E-state index in [1.807, 2.05) is 13.8 Å². The molecule has 0 radical (unpaired) electrons. The van der Waals surface area contributed by atoms with E-state index in [9.17, 15) is 9.59 Å². The Labute approximate surface area is 92.6 Å². The van der Waals surface area contributed by atoms with Crippen LogP contribution < -0.4 is 5.32 Å². The minimum absolute atomic E-state index is 0.105. The molecule has 0 fully saturated rings. The number of rotatable bonds is 8. The molecule has 0 saturated carbocycles. The molecule has 0 unspecified atom stereocenters. The molecule has 0 saturated heterocycles. The highest BCUT2D eigenvalue weighted by molar-refractivity contribution is 5.78. The molecule has 0 aliphatic heterocycles. The van der Waals surface area contributed by atoms with Gasteiger partial charge in [-0.3, -0.25) is 9.59 Å². The molecule has 88 valence electrons. The Hall–Kier alpha value is -0.860. The molecular weight excluding hydrogens is 190 g/mol. The summed E-state index contributed by atoms with van der Waals surface area (Å²) in [6.45, 7) is 6.29. The third kappa shape index (κ3) is 7.11. The summed E-state index contributed by atoms with van der Waals surface area (Å²) in [7, 11) is 0. The van der Waals surface area contributed by atoms with Crippen LogP contribution >= 0.6 is 0 Å². The van der Waals surface area contributed by atoms with Crippen molar-refractivity contribution in [3.63, 3.8) is 0 Å². The smallest absolute Gasteiger partial charge is 0.219 e. The molecule has 0 aromatic carbocycles. The summed E-state index contributed by atoms with van der Waals surface area (Å²) < 4.78 is 0. The zero-order chi connectivity index (χ0) is 11.7. The van der Waals surface area contributed by atoms with Crippen molar-refractivity contribution in [2.24, 2.45) is 5.92 Å². The van der Waals surface area contributed by atoms with Gasteiger partial charge >= 0.3 is 0 Å². The Morgan fingerprint density at radius 2 is 1.87 bits per heavy atom. The lowest BCUT2D eigenvalue weighted by Crippen LogP contribution is -2.23. The molecule has 1 N–H and O–H groups in total. The van der Waals surface area contributed by atoms with Gasteiger partial charge in [0.25, 0.3) is 0 Å². The second kappa shape index (κ2) is 8.45. The highest BCUT2D eigenvalue weighted by Crippen LogP contribution is 2.12. The van der Waals surface area contributed by atoms with Gasteiger partial charge in [-0.25, -0.2) is 0 Å². The first-order chi connectivity index (χ1) is 7.11. The van der Waals surface area contributed by atoms with Gasteiger partial charge in [-0.2, -0.15) is 0 Å². The molecule has 0 aliphatic carbocycles. The van der Waals surface area contributed by atoms with Crippen molar-refractivity contribution >= 4 is 11.7 Å². The molecule has 1 atom stereocenters. The average molecular weight is 213 g/mol. The van der Waals surface area contributed by atoms with Crippen molar-refractivity contribution in [1.29, 1.82) is 0 Å². The van der Waals surface area contributed by atoms with E-state index >= 15 is 0 Å². The maximum Gasteiger partial charge on any atom is 0.219 e. The Bertz CT molecular complexity index is 202. The average Bonchev–Trinajstić information content (AvgIpc) is 2.22. The zero-order valence-electron chi connectivity index (χ0n) is 10.1. The molecular formula is C12H23NO2. The largest absolute Gasteiger partial charge is 0.356 e. The minimum Gasteiger partial charge on any atom is -0.356 e.